The predicted molar refractivity (Wildman–Crippen MR) is 278 cm³/mol. The van der Waals surface area contributed by atoms with Crippen LogP contribution in [-0.2, 0) is 5.41 Å². The Kier molecular flexibility index (Phi) is 10.1. The number of rotatable bonds is 8. The third-order valence-electron chi connectivity index (χ3n) is 13.1. The Hall–Kier alpha value is -7.16. The zero-order chi connectivity index (χ0) is 44.4. The summed E-state index contributed by atoms with van der Waals surface area (Å²) in [5.41, 5.74) is 20.3. The molecule has 0 radical (unpaired) electrons. The summed E-state index contributed by atoms with van der Waals surface area (Å²) in [5.74, 6) is 0. The summed E-state index contributed by atoms with van der Waals surface area (Å²) < 4.78 is 0. The molecule has 0 unspecified atom stereocenters. The lowest BCUT2D eigenvalue weighted by molar-refractivity contribution is 0.591. The zero-order valence-corrected chi connectivity index (χ0v) is 38.6. The van der Waals surface area contributed by atoms with Crippen molar-refractivity contribution in [2.75, 3.05) is 9.80 Å². The smallest absolute Gasteiger partial charge is 0.0561 e. The van der Waals surface area contributed by atoms with Crippen LogP contribution < -0.4 is 9.80 Å². The standard InChI is InChI=1S/C62H56N2/c1-39-28-40(2)31-52(30-39)63(56-36-47(22-20-43(56)5)45-16-12-10-13-17-45)58-38-59(55-27-25-50-35-51(62(7,8)9)34-49-24-26-54(58)61(55)60(49)50)64(53-32-41(3)29-42(4)33-53)57-37-48(23-21-44(57)6)46-18-14-11-15-19-46/h10-38H,1-9H3. The Labute approximate surface area is 379 Å². The molecule has 0 bridgehead atoms. The maximum atomic E-state index is 2.55. The molecule has 314 valence electrons. The summed E-state index contributed by atoms with van der Waals surface area (Å²) in [6, 6.07) is 66.3. The van der Waals surface area contributed by atoms with Crippen molar-refractivity contribution >= 4 is 66.4 Å². The number of anilines is 6. The van der Waals surface area contributed by atoms with E-state index < -0.39 is 0 Å². The molecule has 0 spiro atoms. The van der Waals surface area contributed by atoms with Gasteiger partial charge in [0, 0.05) is 38.9 Å². The number of benzene rings is 10. The average molecular weight is 829 g/mol. The van der Waals surface area contributed by atoms with E-state index in [0.29, 0.717) is 0 Å². The molecule has 10 aromatic rings. The lowest BCUT2D eigenvalue weighted by Crippen LogP contribution is -2.16. The van der Waals surface area contributed by atoms with Gasteiger partial charge in [0.05, 0.1) is 11.4 Å². The van der Waals surface area contributed by atoms with E-state index in [1.165, 1.54) is 93.5 Å². The van der Waals surface area contributed by atoms with Gasteiger partial charge in [-0.3, -0.25) is 0 Å². The molecule has 0 saturated carbocycles. The number of hydrogen-bond acceptors (Lipinski definition) is 2. The maximum Gasteiger partial charge on any atom is 0.0561 e. The first-order valence-corrected chi connectivity index (χ1v) is 22.7. The molecule has 2 heteroatoms. The molecular weight excluding hydrogens is 773 g/mol. The Morgan fingerprint density at radius 3 is 1.12 bits per heavy atom. The van der Waals surface area contributed by atoms with Gasteiger partial charge in [0.25, 0.3) is 0 Å². The van der Waals surface area contributed by atoms with Gasteiger partial charge in [-0.15, -0.1) is 0 Å². The molecule has 0 aliphatic rings. The van der Waals surface area contributed by atoms with Crippen LogP contribution in [0.2, 0.25) is 0 Å². The summed E-state index contributed by atoms with van der Waals surface area (Å²) in [6.45, 7) is 20.3. The Morgan fingerprint density at radius 1 is 0.328 bits per heavy atom. The lowest BCUT2D eigenvalue weighted by Gasteiger charge is -2.34. The van der Waals surface area contributed by atoms with Gasteiger partial charge >= 0.3 is 0 Å². The Bertz CT molecular complexity index is 3120. The van der Waals surface area contributed by atoms with Gasteiger partial charge in [0.2, 0.25) is 0 Å². The molecule has 0 atom stereocenters. The topological polar surface area (TPSA) is 6.48 Å². The van der Waals surface area contributed by atoms with E-state index >= 15 is 0 Å². The van der Waals surface area contributed by atoms with Crippen molar-refractivity contribution in [3.8, 4) is 22.3 Å². The molecule has 64 heavy (non-hydrogen) atoms. The van der Waals surface area contributed by atoms with Crippen molar-refractivity contribution < 1.29 is 0 Å². The third kappa shape index (κ3) is 7.37. The van der Waals surface area contributed by atoms with Crippen LogP contribution in [0.3, 0.4) is 0 Å². The Balaban J connectivity index is 1.37. The fourth-order valence-corrected chi connectivity index (χ4v) is 9.98. The molecule has 10 aromatic carbocycles. The van der Waals surface area contributed by atoms with Crippen molar-refractivity contribution in [3.63, 3.8) is 0 Å². The van der Waals surface area contributed by atoms with E-state index in [-0.39, 0.29) is 5.41 Å². The van der Waals surface area contributed by atoms with Gasteiger partial charge in [-0.05, 0) is 167 Å². The SMILES string of the molecule is Cc1cc(C)cc(N(c2cc(-c3ccccc3)ccc2C)c2cc(N(c3cc(C)cc(C)c3)c3cc(-c4ccccc4)ccc3C)c3ccc4cc(C(C)(C)C)cc5ccc2c3c54)c1. The minimum Gasteiger partial charge on any atom is -0.309 e. The largest absolute Gasteiger partial charge is 0.309 e. The number of hydrogen-bond donors (Lipinski definition) is 0. The molecule has 0 aromatic heterocycles. The minimum absolute atomic E-state index is 0.00300. The van der Waals surface area contributed by atoms with Gasteiger partial charge in [-0.1, -0.05) is 154 Å². The monoisotopic (exact) mass is 828 g/mol. The van der Waals surface area contributed by atoms with Crippen LogP contribution in [0, 0.1) is 41.5 Å². The highest BCUT2D eigenvalue weighted by atomic mass is 15.2. The van der Waals surface area contributed by atoms with E-state index in [1.54, 1.807) is 0 Å². The fraction of sp³-hybridized carbons (Fsp3) is 0.161. The van der Waals surface area contributed by atoms with Gasteiger partial charge in [-0.2, -0.15) is 0 Å². The van der Waals surface area contributed by atoms with E-state index in [2.05, 4.69) is 248 Å². The summed E-state index contributed by atoms with van der Waals surface area (Å²) in [4.78, 5) is 5.09. The van der Waals surface area contributed by atoms with Crippen molar-refractivity contribution in [1.29, 1.82) is 0 Å². The van der Waals surface area contributed by atoms with Crippen LogP contribution in [0.15, 0.2) is 176 Å². The van der Waals surface area contributed by atoms with Crippen LogP contribution in [0.5, 0.6) is 0 Å². The molecule has 0 heterocycles. The summed E-state index contributed by atoms with van der Waals surface area (Å²) in [6.07, 6.45) is 0. The van der Waals surface area contributed by atoms with Crippen molar-refractivity contribution in [3.05, 3.63) is 215 Å². The summed E-state index contributed by atoms with van der Waals surface area (Å²) in [7, 11) is 0. The van der Waals surface area contributed by atoms with Crippen molar-refractivity contribution in [2.24, 2.45) is 0 Å². The highest BCUT2D eigenvalue weighted by Crippen LogP contribution is 2.52. The van der Waals surface area contributed by atoms with E-state index in [1.807, 2.05) is 0 Å². The lowest BCUT2D eigenvalue weighted by atomic mass is 9.83. The molecule has 2 nitrogen and oxygen atoms in total. The summed E-state index contributed by atoms with van der Waals surface area (Å²) in [5, 5.41) is 7.56. The van der Waals surface area contributed by atoms with Crippen LogP contribution in [0.4, 0.5) is 34.1 Å². The summed E-state index contributed by atoms with van der Waals surface area (Å²) >= 11 is 0. The average Bonchev–Trinajstić information content (AvgIpc) is 3.27. The third-order valence-corrected chi connectivity index (χ3v) is 13.1. The van der Waals surface area contributed by atoms with Gasteiger partial charge in [-0.25, -0.2) is 0 Å². The second-order valence-electron chi connectivity index (χ2n) is 19.2. The second-order valence-corrected chi connectivity index (χ2v) is 19.2. The molecular formula is C62H56N2. The molecule has 0 amide bonds. The fourth-order valence-electron chi connectivity index (χ4n) is 9.98. The maximum absolute atomic E-state index is 2.55. The van der Waals surface area contributed by atoms with E-state index in [0.717, 1.165) is 34.1 Å². The van der Waals surface area contributed by atoms with E-state index in [4.69, 9.17) is 0 Å². The molecule has 0 fully saturated rings. The first-order valence-electron chi connectivity index (χ1n) is 22.7. The molecule has 0 aliphatic carbocycles. The quantitative estimate of drug-likeness (QED) is 0.141. The Morgan fingerprint density at radius 2 is 0.734 bits per heavy atom. The highest BCUT2D eigenvalue weighted by molar-refractivity contribution is 6.29. The molecule has 0 N–H and O–H groups in total. The highest BCUT2D eigenvalue weighted by Gasteiger charge is 2.27. The van der Waals surface area contributed by atoms with Crippen LogP contribution in [0.1, 0.15) is 59.7 Å². The molecule has 10 rings (SSSR count). The normalized spacial score (nSPS) is 11.8. The van der Waals surface area contributed by atoms with Gasteiger partial charge in [0.15, 0.2) is 0 Å². The van der Waals surface area contributed by atoms with Gasteiger partial charge < -0.3 is 9.80 Å². The van der Waals surface area contributed by atoms with E-state index in [9.17, 15) is 0 Å². The minimum atomic E-state index is 0.00300. The second kappa shape index (κ2) is 15.9. The number of nitrogens with zero attached hydrogens (tertiary/aromatic N) is 2. The van der Waals surface area contributed by atoms with Crippen LogP contribution in [-0.4, -0.2) is 0 Å². The predicted octanol–water partition coefficient (Wildman–Crippen LogP) is 18.0. The van der Waals surface area contributed by atoms with Gasteiger partial charge in [0.1, 0.15) is 0 Å². The van der Waals surface area contributed by atoms with Crippen LogP contribution >= 0.6 is 0 Å². The first kappa shape index (κ1) is 40.9. The zero-order valence-electron chi connectivity index (χ0n) is 38.6. The molecule has 0 aliphatic heterocycles. The van der Waals surface area contributed by atoms with Crippen LogP contribution in [0.25, 0.3) is 54.6 Å². The van der Waals surface area contributed by atoms with Crippen molar-refractivity contribution in [2.45, 2.75) is 67.7 Å². The number of aryl methyl sites for hydroxylation is 6. The first-order chi connectivity index (χ1) is 30.8. The molecule has 0 saturated heterocycles. The van der Waals surface area contributed by atoms with Crippen molar-refractivity contribution in [1.82, 2.24) is 0 Å².